The molecule has 2 nitrogen and oxygen atoms in total. The second kappa shape index (κ2) is 5.60. The molecule has 2 N–H and O–H groups in total. The van der Waals surface area contributed by atoms with Crippen molar-refractivity contribution in [1.82, 2.24) is 0 Å². The highest BCUT2D eigenvalue weighted by atomic mass is 35.5. The predicted octanol–water partition coefficient (Wildman–Crippen LogP) is 3.99. The summed E-state index contributed by atoms with van der Waals surface area (Å²) in [7, 11) is 1.92. The van der Waals surface area contributed by atoms with Gasteiger partial charge < -0.3 is 10.6 Å². The zero-order chi connectivity index (χ0) is 12.1. The topological polar surface area (TPSA) is 24.1 Å². The van der Waals surface area contributed by atoms with Gasteiger partial charge in [0.15, 0.2) is 0 Å². The summed E-state index contributed by atoms with van der Waals surface area (Å²) in [5.41, 5.74) is 3.39. The number of nitrogens with one attached hydrogen (secondary N) is 2. The summed E-state index contributed by atoms with van der Waals surface area (Å²) in [4.78, 5) is 0. The zero-order valence-electron chi connectivity index (χ0n) is 9.70. The molecule has 0 spiro atoms. The predicted molar refractivity (Wildman–Crippen MR) is 74.8 cm³/mol. The molecule has 17 heavy (non-hydrogen) atoms. The first-order valence-electron chi connectivity index (χ1n) is 5.54. The minimum absolute atomic E-state index is 0.749. The molecule has 0 saturated carbocycles. The maximum absolute atomic E-state index is 5.92. The Labute approximate surface area is 107 Å². The van der Waals surface area contributed by atoms with Crippen LogP contribution in [0.4, 0.5) is 11.4 Å². The molecule has 2 aromatic carbocycles. The van der Waals surface area contributed by atoms with Crippen LogP contribution in [-0.2, 0) is 6.54 Å². The Bertz CT molecular complexity index is 497. The Morgan fingerprint density at radius 3 is 2.53 bits per heavy atom. The normalized spacial score (nSPS) is 10.0. The third-order valence-corrected chi connectivity index (χ3v) is 2.77. The zero-order valence-corrected chi connectivity index (χ0v) is 10.5. The minimum Gasteiger partial charge on any atom is -0.388 e. The lowest BCUT2D eigenvalue weighted by Crippen LogP contribution is -1.99. The van der Waals surface area contributed by atoms with Crippen molar-refractivity contribution < 1.29 is 0 Å². The van der Waals surface area contributed by atoms with E-state index in [4.69, 9.17) is 11.6 Å². The molecular formula is C14H15ClN2. The lowest BCUT2D eigenvalue weighted by Gasteiger charge is -2.08. The van der Waals surface area contributed by atoms with Crippen molar-refractivity contribution in [3.63, 3.8) is 0 Å². The Hall–Kier alpha value is -1.67. The summed E-state index contributed by atoms with van der Waals surface area (Å²) in [6.07, 6.45) is 0. The van der Waals surface area contributed by atoms with Gasteiger partial charge in [0.25, 0.3) is 0 Å². The van der Waals surface area contributed by atoms with Crippen LogP contribution in [0.25, 0.3) is 0 Å². The van der Waals surface area contributed by atoms with E-state index < -0.39 is 0 Å². The van der Waals surface area contributed by atoms with E-state index in [1.807, 2.05) is 43.4 Å². The van der Waals surface area contributed by atoms with Crippen LogP contribution in [0.2, 0.25) is 5.02 Å². The third-order valence-electron chi connectivity index (χ3n) is 2.54. The smallest absolute Gasteiger partial charge is 0.0426 e. The number of benzene rings is 2. The molecule has 0 amide bonds. The molecule has 0 aliphatic heterocycles. The summed E-state index contributed by atoms with van der Waals surface area (Å²) in [6, 6.07) is 16.0. The average molecular weight is 247 g/mol. The van der Waals surface area contributed by atoms with Crippen molar-refractivity contribution in [3.8, 4) is 0 Å². The highest BCUT2D eigenvalue weighted by molar-refractivity contribution is 6.30. The van der Waals surface area contributed by atoms with Gasteiger partial charge in [-0.1, -0.05) is 29.8 Å². The van der Waals surface area contributed by atoms with Crippen LogP contribution in [-0.4, -0.2) is 7.05 Å². The molecule has 0 radical (unpaired) electrons. The highest BCUT2D eigenvalue weighted by Crippen LogP contribution is 2.16. The summed E-state index contributed by atoms with van der Waals surface area (Å²) in [6.45, 7) is 0.788. The first-order chi connectivity index (χ1) is 8.28. The molecular weight excluding hydrogens is 232 g/mol. The van der Waals surface area contributed by atoms with Crippen LogP contribution < -0.4 is 10.6 Å². The van der Waals surface area contributed by atoms with Gasteiger partial charge in [-0.05, 0) is 35.9 Å². The van der Waals surface area contributed by atoms with Gasteiger partial charge in [-0.15, -0.1) is 0 Å². The van der Waals surface area contributed by atoms with Gasteiger partial charge in [0.1, 0.15) is 0 Å². The molecule has 0 unspecified atom stereocenters. The molecule has 0 fully saturated rings. The molecule has 2 aromatic rings. The van der Waals surface area contributed by atoms with Gasteiger partial charge in [-0.2, -0.15) is 0 Å². The molecule has 3 heteroatoms. The van der Waals surface area contributed by atoms with Gasteiger partial charge >= 0.3 is 0 Å². The first-order valence-corrected chi connectivity index (χ1v) is 5.92. The van der Waals surface area contributed by atoms with Crippen LogP contribution in [0.5, 0.6) is 0 Å². The van der Waals surface area contributed by atoms with E-state index >= 15 is 0 Å². The van der Waals surface area contributed by atoms with E-state index in [1.165, 1.54) is 5.56 Å². The van der Waals surface area contributed by atoms with Crippen molar-refractivity contribution in [1.29, 1.82) is 0 Å². The maximum Gasteiger partial charge on any atom is 0.0426 e. The molecule has 0 aliphatic carbocycles. The Morgan fingerprint density at radius 1 is 1.00 bits per heavy atom. The van der Waals surface area contributed by atoms with Crippen molar-refractivity contribution in [3.05, 3.63) is 59.1 Å². The quantitative estimate of drug-likeness (QED) is 0.852. The van der Waals surface area contributed by atoms with E-state index in [1.54, 1.807) is 0 Å². The van der Waals surface area contributed by atoms with E-state index in [2.05, 4.69) is 22.8 Å². The summed E-state index contributed by atoms with van der Waals surface area (Å²) in [5.74, 6) is 0. The summed E-state index contributed by atoms with van der Waals surface area (Å²) in [5, 5.41) is 7.22. The third kappa shape index (κ3) is 3.40. The monoisotopic (exact) mass is 246 g/mol. The van der Waals surface area contributed by atoms with Crippen molar-refractivity contribution >= 4 is 23.0 Å². The van der Waals surface area contributed by atoms with Gasteiger partial charge in [0, 0.05) is 30.0 Å². The van der Waals surface area contributed by atoms with Gasteiger partial charge in [-0.25, -0.2) is 0 Å². The van der Waals surface area contributed by atoms with Crippen LogP contribution in [0.15, 0.2) is 48.5 Å². The van der Waals surface area contributed by atoms with E-state index in [-0.39, 0.29) is 0 Å². The fourth-order valence-electron chi connectivity index (χ4n) is 1.64. The molecule has 0 bridgehead atoms. The van der Waals surface area contributed by atoms with Gasteiger partial charge in [0.2, 0.25) is 0 Å². The SMILES string of the molecule is CNc1cccc(CNc2cccc(Cl)c2)c1. The molecule has 88 valence electrons. The maximum atomic E-state index is 5.92. The Balaban J connectivity index is 2.02. The lowest BCUT2D eigenvalue weighted by molar-refractivity contribution is 1.15. The Kier molecular flexibility index (Phi) is 3.89. The van der Waals surface area contributed by atoms with Crippen molar-refractivity contribution in [2.24, 2.45) is 0 Å². The fourth-order valence-corrected chi connectivity index (χ4v) is 1.83. The van der Waals surface area contributed by atoms with E-state index in [0.717, 1.165) is 22.9 Å². The molecule has 2 rings (SSSR count). The number of hydrogen-bond acceptors (Lipinski definition) is 2. The number of anilines is 2. The lowest BCUT2D eigenvalue weighted by atomic mass is 10.2. The van der Waals surface area contributed by atoms with Crippen LogP contribution >= 0.6 is 11.6 Å². The molecule has 0 atom stereocenters. The molecule has 0 aliphatic rings. The van der Waals surface area contributed by atoms with Crippen molar-refractivity contribution in [2.45, 2.75) is 6.54 Å². The Morgan fingerprint density at radius 2 is 1.76 bits per heavy atom. The van der Waals surface area contributed by atoms with Crippen LogP contribution in [0, 0.1) is 0 Å². The average Bonchev–Trinajstić information content (AvgIpc) is 2.37. The highest BCUT2D eigenvalue weighted by Gasteiger charge is 1.96. The minimum atomic E-state index is 0.749. The van der Waals surface area contributed by atoms with E-state index in [0.29, 0.717) is 0 Å². The molecule has 0 saturated heterocycles. The number of hydrogen-bond donors (Lipinski definition) is 2. The van der Waals surface area contributed by atoms with Crippen molar-refractivity contribution in [2.75, 3.05) is 17.7 Å². The first kappa shape index (κ1) is 11.8. The second-order valence-electron chi connectivity index (χ2n) is 3.81. The standard InChI is InChI=1S/C14H15ClN2/c1-16-13-6-2-4-11(8-13)10-17-14-7-3-5-12(15)9-14/h2-9,16-17H,10H2,1H3. The summed E-state index contributed by atoms with van der Waals surface area (Å²) >= 11 is 5.92. The fraction of sp³-hybridized carbons (Fsp3) is 0.143. The van der Waals surface area contributed by atoms with Gasteiger partial charge in [-0.3, -0.25) is 0 Å². The summed E-state index contributed by atoms with van der Waals surface area (Å²) < 4.78 is 0. The molecule has 0 aromatic heterocycles. The largest absolute Gasteiger partial charge is 0.388 e. The molecule has 0 heterocycles. The van der Waals surface area contributed by atoms with E-state index in [9.17, 15) is 0 Å². The second-order valence-corrected chi connectivity index (χ2v) is 4.25. The number of halogens is 1. The van der Waals surface area contributed by atoms with Crippen LogP contribution in [0.3, 0.4) is 0 Å². The van der Waals surface area contributed by atoms with Crippen LogP contribution in [0.1, 0.15) is 5.56 Å². The number of rotatable bonds is 4. The van der Waals surface area contributed by atoms with Gasteiger partial charge in [0.05, 0.1) is 0 Å².